The first-order valence-corrected chi connectivity index (χ1v) is 9.35. The highest BCUT2D eigenvalue weighted by Gasteiger charge is 2.30. The van der Waals surface area contributed by atoms with Crippen LogP contribution in [0.1, 0.15) is 28.8 Å². The number of ketones is 1. The Kier molecular flexibility index (Phi) is 4.48. The second kappa shape index (κ2) is 6.54. The lowest BCUT2D eigenvalue weighted by molar-refractivity contribution is 0.0982. The number of fused-ring (bicyclic) bond motifs is 1. The van der Waals surface area contributed by atoms with Crippen molar-refractivity contribution in [3.63, 3.8) is 0 Å². The van der Waals surface area contributed by atoms with Crippen LogP contribution in [0.5, 0.6) is 0 Å². The molecule has 0 aromatic heterocycles. The van der Waals surface area contributed by atoms with E-state index in [1.165, 1.54) is 4.31 Å². The lowest BCUT2D eigenvalue weighted by Crippen LogP contribution is -2.38. The summed E-state index contributed by atoms with van der Waals surface area (Å²) in [6.45, 7) is 0.240. The van der Waals surface area contributed by atoms with E-state index in [0.29, 0.717) is 17.7 Å². The van der Waals surface area contributed by atoms with Crippen LogP contribution in [0.4, 0.5) is 5.69 Å². The van der Waals surface area contributed by atoms with Gasteiger partial charge in [-0.3, -0.25) is 9.10 Å². The third-order valence-electron chi connectivity index (χ3n) is 4.06. The van der Waals surface area contributed by atoms with Crippen LogP contribution in [0, 0.1) is 0 Å². The first kappa shape index (κ1) is 15.7. The Hall–Kier alpha value is -2.14. The van der Waals surface area contributed by atoms with Crippen molar-refractivity contribution in [2.45, 2.75) is 19.3 Å². The third-order valence-corrected chi connectivity index (χ3v) is 5.92. The number of hydrogen-bond acceptors (Lipinski definition) is 3. The Morgan fingerprint density at radius 2 is 1.65 bits per heavy atom. The van der Waals surface area contributed by atoms with Crippen LogP contribution < -0.4 is 4.31 Å². The third kappa shape index (κ3) is 3.45. The summed E-state index contributed by atoms with van der Waals surface area (Å²) in [5.41, 5.74) is 2.16. The molecule has 2 aromatic rings. The number of para-hydroxylation sites is 1. The standard InChI is InChI=1S/C18H19NO3S/c20-18-12-13-19(17-11-5-4-10-16(17)18)23(21,22)14-6-9-15-7-2-1-3-8-15/h1-5,7-8,10-11H,6,9,12-14H2. The topological polar surface area (TPSA) is 54.5 Å². The maximum atomic E-state index is 12.7. The highest BCUT2D eigenvalue weighted by Crippen LogP contribution is 2.29. The van der Waals surface area contributed by atoms with Gasteiger partial charge >= 0.3 is 0 Å². The minimum Gasteiger partial charge on any atom is -0.294 e. The summed E-state index contributed by atoms with van der Waals surface area (Å²) in [4.78, 5) is 11.9. The molecule has 0 N–H and O–H groups in total. The zero-order valence-electron chi connectivity index (χ0n) is 12.8. The van der Waals surface area contributed by atoms with Gasteiger partial charge in [-0.05, 0) is 30.5 Å². The van der Waals surface area contributed by atoms with E-state index in [-0.39, 0.29) is 24.5 Å². The first-order valence-electron chi connectivity index (χ1n) is 7.74. The quantitative estimate of drug-likeness (QED) is 0.847. The van der Waals surface area contributed by atoms with Gasteiger partial charge in [-0.15, -0.1) is 0 Å². The van der Waals surface area contributed by atoms with Crippen molar-refractivity contribution in [1.29, 1.82) is 0 Å². The number of carbonyl (C=O) groups excluding carboxylic acids is 1. The molecule has 3 rings (SSSR count). The fraction of sp³-hybridized carbons (Fsp3) is 0.278. The summed E-state index contributed by atoms with van der Waals surface area (Å²) in [6.07, 6.45) is 1.54. The average molecular weight is 329 g/mol. The number of anilines is 1. The minimum absolute atomic E-state index is 0.0105. The molecular formula is C18H19NO3S. The van der Waals surface area contributed by atoms with Gasteiger partial charge in [0.05, 0.1) is 11.4 Å². The lowest BCUT2D eigenvalue weighted by atomic mass is 10.0. The molecular weight excluding hydrogens is 310 g/mol. The monoisotopic (exact) mass is 329 g/mol. The summed E-state index contributed by atoms with van der Waals surface area (Å²) in [5, 5.41) is 0. The van der Waals surface area contributed by atoms with Gasteiger partial charge in [-0.1, -0.05) is 42.5 Å². The van der Waals surface area contributed by atoms with E-state index in [1.807, 2.05) is 30.3 Å². The maximum Gasteiger partial charge on any atom is 0.235 e. The molecule has 0 spiro atoms. The number of rotatable bonds is 5. The molecule has 0 saturated heterocycles. The summed E-state index contributed by atoms with van der Waals surface area (Å²) in [7, 11) is -3.41. The summed E-state index contributed by atoms with van der Waals surface area (Å²) in [5.74, 6) is 0.0982. The van der Waals surface area contributed by atoms with E-state index in [0.717, 1.165) is 12.0 Å². The number of carbonyl (C=O) groups is 1. The van der Waals surface area contributed by atoms with Gasteiger partial charge in [0.1, 0.15) is 0 Å². The first-order chi connectivity index (χ1) is 11.1. The van der Waals surface area contributed by atoms with Gasteiger partial charge in [-0.25, -0.2) is 8.42 Å². The predicted molar refractivity (Wildman–Crippen MR) is 91.3 cm³/mol. The van der Waals surface area contributed by atoms with Gasteiger partial charge in [-0.2, -0.15) is 0 Å². The van der Waals surface area contributed by atoms with Crippen LogP contribution in [-0.4, -0.2) is 26.5 Å². The number of nitrogens with zero attached hydrogens (tertiary/aromatic N) is 1. The molecule has 1 heterocycles. The molecule has 0 unspecified atom stereocenters. The number of aryl methyl sites for hydroxylation is 1. The smallest absolute Gasteiger partial charge is 0.235 e. The molecule has 0 bridgehead atoms. The lowest BCUT2D eigenvalue weighted by Gasteiger charge is -2.29. The second-order valence-corrected chi connectivity index (χ2v) is 7.68. The molecule has 23 heavy (non-hydrogen) atoms. The van der Waals surface area contributed by atoms with Crippen molar-refractivity contribution in [3.8, 4) is 0 Å². The highest BCUT2D eigenvalue weighted by atomic mass is 32.2. The van der Waals surface area contributed by atoms with Crippen LogP contribution in [0.15, 0.2) is 54.6 Å². The van der Waals surface area contributed by atoms with E-state index >= 15 is 0 Å². The van der Waals surface area contributed by atoms with Crippen LogP contribution in [0.2, 0.25) is 0 Å². The fourth-order valence-electron chi connectivity index (χ4n) is 2.89. The predicted octanol–water partition coefficient (Wildman–Crippen LogP) is 3.04. The van der Waals surface area contributed by atoms with Crippen molar-refractivity contribution >= 4 is 21.5 Å². The largest absolute Gasteiger partial charge is 0.294 e. The molecule has 5 heteroatoms. The number of sulfonamides is 1. The highest BCUT2D eigenvalue weighted by molar-refractivity contribution is 7.92. The zero-order chi connectivity index (χ0) is 16.3. The average Bonchev–Trinajstić information content (AvgIpc) is 2.56. The van der Waals surface area contributed by atoms with Crippen molar-refractivity contribution in [1.82, 2.24) is 0 Å². The Morgan fingerprint density at radius 3 is 2.43 bits per heavy atom. The molecule has 0 saturated carbocycles. The Morgan fingerprint density at radius 1 is 0.957 bits per heavy atom. The maximum absolute atomic E-state index is 12.7. The van der Waals surface area contributed by atoms with E-state index in [1.54, 1.807) is 24.3 Å². The Bertz CT molecular complexity index is 800. The van der Waals surface area contributed by atoms with Crippen molar-refractivity contribution in [2.75, 3.05) is 16.6 Å². The number of Topliss-reactive ketones (excluding diaryl/α,β-unsaturated/α-hetero) is 1. The fourth-order valence-corrected chi connectivity index (χ4v) is 4.45. The molecule has 0 radical (unpaired) electrons. The van der Waals surface area contributed by atoms with Gasteiger partial charge in [0.25, 0.3) is 0 Å². The van der Waals surface area contributed by atoms with Crippen LogP contribution >= 0.6 is 0 Å². The van der Waals surface area contributed by atoms with E-state index in [4.69, 9.17) is 0 Å². The molecule has 2 aromatic carbocycles. The Balaban J connectivity index is 1.73. The number of hydrogen-bond donors (Lipinski definition) is 0. The molecule has 1 aliphatic rings. The van der Waals surface area contributed by atoms with Gasteiger partial charge in [0, 0.05) is 18.5 Å². The molecule has 0 atom stereocenters. The molecule has 0 aliphatic carbocycles. The van der Waals surface area contributed by atoms with Crippen LogP contribution in [-0.2, 0) is 16.4 Å². The summed E-state index contributed by atoms with van der Waals surface area (Å²) < 4.78 is 26.7. The van der Waals surface area contributed by atoms with E-state index < -0.39 is 10.0 Å². The van der Waals surface area contributed by atoms with E-state index in [2.05, 4.69) is 0 Å². The van der Waals surface area contributed by atoms with Crippen molar-refractivity contribution in [2.24, 2.45) is 0 Å². The molecule has 4 nitrogen and oxygen atoms in total. The number of benzene rings is 2. The zero-order valence-corrected chi connectivity index (χ0v) is 13.6. The van der Waals surface area contributed by atoms with Crippen LogP contribution in [0.25, 0.3) is 0 Å². The minimum atomic E-state index is -3.41. The normalized spacial score (nSPS) is 14.6. The molecule has 120 valence electrons. The molecule has 0 amide bonds. The SMILES string of the molecule is O=C1CCN(S(=O)(=O)CCCc2ccccc2)c2ccccc21. The van der Waals surface area contributed by atoms with Gasteiger partial charge in [0.2, 0.25) is 10.0 Å². The van der Waals surface area contributed by atoms with Crippen molar-refractivity contribution < 1.29 is 13.2 Å². The van der Waals surface area contributed by atoms with Crippen LogP contribution in [0.3, 0.4) is 0 Å². The molecule has 1 aliphatic heterocycles. The van der Waals surface area contributed by atoms with E-state index in [9.17, 15) is 13.2 Å². The second-order valence-electron chi connectivity index (χ2n) is 5.67. The summed E-state index contributed by atoms with van der Waals surface area (Å²) in [6, 6.07) is 16.8. The Labute approximate surface area is 136 Å². The van der Waals surface area contributed by atoms with Gasteiger partial charge < -0.3 is 0 Å². The van der Waals surface area contributed by atoms with Crippen molar-refractivity contribution in [3.05, 3.63) is 65.7 Å². The summed E-state index contributed by atoms with van der Waals surface area (Å²) >= 11 is 0. The molecule has 0 fully saturated rings. The van der Waals surface area contributed by atoms with Gasteiger partial charge in [0.15, 0.2) is 5.78 Å².